The summed E-state index contributed by atoms with van der Waals surface area (Å²) in [5.74, 6) is 1.47. The van der Waals surface area contributed by atoms with E-state index in [0.717, 1.165) is 24.5 Å². The summed E-state index contributed by atoms with van der Waals surface area (Å²) in [5, 5.41) is 3.30. The minimum absolute atomic E-state index is 0.554. The standard InChI is InChI=1S/C12H22N4O/c1-9(2)16(4)7-6-13-11-10(3)12(17-5)15-8-14-11/h8-9H,6-7H2,1-5H3,(H,13,14,15). The van der Waals surface area contributed by atoms with Crippen LogP contribution in [0.25, 0.3) is 0 Å². The summed E-state index contributed by atoms with van der Waals surface area (Å²) < 4.78 is 5.15. The van der Waals surface area contributed by atoms with Gasteiger partial charge in [-0.05, 0) is 27.8 Å². The summed E-state index contributed by atoms with van der Waals surface area (Å²) in [4.78, 5) is 10.5. The van der Waals surface area contributed by atoms with Crippen molar-refractivity contribution in [3.05, 3.63) is 11.9 Å². The van der Waals surface area contributed by atoms with E-state index in [0.29, 0.717) is 11.9 Å². The average molecular weight is 238 g/mol. The van der Waals surface area contributed by atoms with E-state index < -0.39 is 0 Å². The minimum atomic E-state index is 0.554. The van der Waals surface area contributed by atoms with Gasteiger partial charge in [0.05, 0.1) is 12.7 Å². The molecule has 0 aromatic carbocycles. The molecule has 0 atom stereocenters. The van der Waals surface area contributed by atoms with Crippen LogP contribution in [0.4, 0.5) is 5.82 Å². The molecule has 0 amide bonds. The number of hydrogen-bond acceptors (Lipinski definition) is 5. The van der Waals surface area contributed by atoms with Crippen LogP contribution in [-0.2, 0) is 0 Å². The monoisotopic (exact) mass is 238 g/mol. The third-order valence-corrected chi connectivity index (χ3v) is 2.87. The number of likely N-dealkylation sites (N-methyl/N-ethyl adjacent to an activating group) is 1. The molecule has 0 fully saturated rings. The molecular weight excluding hydrogens is 216 g/mol. The van der Waals surface area contributed by atoms with E-state index in [1.54, 1.807) is 7.11 Å². The van der Waals surface area contributed by atoms with Crippen molar-refractivity contribution in [3.63, 3.8) is 0 Å². The highest BCUT2D eigenvalue weighted by molar-refractivity contribution is 5.47. The molecule has 0 radical (unpaired) electrons. The molecule has 17 heavy (non-hydrogen) atoms. The van der Waals surface area contributed by atoms with Gasteiger partial charge in [-0.1, -0.05) is 0 Å². The molecule has 0 unspecified atom stereocenters. The second-order valence-corrected chi connectivity index (χ2v) is 4.36. The largest absolute Gasteiger partial charge is 0.481 e. The van der Waals surface area contributed by atoms with Gasteiger partial charge in [-0.2, -0.15) is 0 Å². The van der Waals surface area contributed by atoms with Crippen molar-refractivity contribution in [2.75, 3.05) is 32.6 Å². The lowest BCUT2D eigenvalue weighted by Crippen LogP contribution is -2.31. The van der Waals surface area contributed by atoms with Crippen LogP contribution in [0, 0.1) is 6.92 Å². The van der Waals surface area contributed by atoms with Gasteiger partial charge in [-0.15, -0.1) is 0 Å². The Hall–Kier alpha value is -1.36. The van der Waals surface area contributed by atoms with Crippen molar-refractivity contribution >= 4 is 5.82 Å². The summed E-state index contributed by atoms with van der Waals surface area (Å²) in [7, 11) is 3.73. The molecule has 0 bridgehead atoms. The van der Waals surface area contributed by atoms with Crippen LogP contribution in [0.15, 0.2) is 6.33 Å². The molecule has 0 saturated heterocycles. The van der Waals surface area contributed by atoms with Gasteiger partial charge in [-0.25, -0.2) is 9.97 Å². The van der Waals surface area contributed by atoms with E-state index in [4.69, 9.17) is 4.74 Å². The summed E-state index contributed by atoms with van der Waals surface area (Å²) in [5.41, 5.74) is 0.946. The van der Waals surface area contributed by atoms with Crippen LogP contribution in [0.5, 0.6) is 5.88 Å². The number of ether oxygens (including phenoxy) is 1. The number of anilines is 1. The Kier molecular flexibility index (Phi) is 5.15. The van der Waals surface area contributed by atoms with Crippen molar-refractivity contribution < 1.29 is 4.74 Å². The molecule has 0 saturated carbocycles. The van der Waals surface area contributed by atoms with Gasteiger partial charge in [0.15, 0.2) is 0 Å². The van der Waals surface area contributed by atoms with Gasteiger partial charge in [0.25, 0.3) is 0 Å². The van der Waals surface area contributed by atoms with Gasteiger partial charge >= 0.3 is 0 Å². The molecule has 0 aliphatic rings. The third-order valence-electron chi connectivity index (χ3n) is 2.87. The molecule has 0 aliphatic heterocycles. The third kappa shape index (κ3) is 3.85. The van der Waals surface area contributed by atoms with Crippen molar-refractivity contribution in [1.29, 1.82) is 0 Å². The zero-order chi connectivity index (χ0) is 12.8. The fraction of sp³-hybridized carbons (Fsp3) is 0.667. The fourth-order valence-corrected chi connectivity index (χ4v) is 1.43. The molecule has 96 valence electrons. The van der Waals surface area contributed by atoms with Crippen LogP contribution in [0.3, 0.4) is 0 Å². The minimum Gasteiger partial charge on any atom is -0.481 e. The lowest BCUT2D eigenvalue weighted by molar-refractivity contribution is 0.284. The van der Waals surface area contributed by atoms with E-state index in [1.807, 2.05) is 6.92 Å². The van der Waals surface area contributed by atoms with Crippen LogP contribution in [-0.4, -0.2) is 48.2 Å². The zero-order valence-electron chi connectivity index (χ0n) is 11.3. The van der Waals surface area contributed by atoms with E-state index in [-0.39, 0.29) is 0 Å². The maximum absolute atomic E-state index is 5.15. The van der Waals surface area contributed by atoms with E-state index in [1.165, 1.54) is 6.33 Å². The van der Waals surface area contributed by atoms with Gasteiger partial charge in [0, 0.05) is 19.1 Å². The SMILES string of the molecule is COc1ncnc(NCCN(C)C(C)C)c1C. The first-order chi connectivity index (χ1) is 8.06. The highest BCUT2D eigenvalue weighted by Gasteiger charge is 2.07. The van der Waals surface area contributed by atoms with Crippen molar-refractivity contribution in [1.82, 2.24) is 14.9 Å². The number of nitrogens with one attached hydrogen (secondary N) is 1. The van der Waals surface area contributed by atoms with Crippen molar-refractivity contribution in [3.8, 4) is 5.88 Å². The van der Waals surface area contributed by atoms with Crippen molar-refractivity contribution in [2.45, 2.75) is 26.8 Å². The summed E-state index contributed by atoms with van der Waals surface area (Å²) in [6.07, 6.45) is 1.51. The Labute approximate surface area is 103 Å². The van der Waals surface area contributed by atoms with Crippen LogP contribution in [0.2, 0.25) is 0 Å². The Bertz CT molecular complexity index is 354. The first-order valence-corrected chi connectivity index (χ1v) is 5.86. The predicted octanol–water partition coefficient (Wildman–Crippen LogP) is 1.55. The lowest BCUT2D eigenvalue weighted by Gasteiger charge is -2.21. The molecule has 1 heterocycles. The molecule has 5 heteroatoms. The predicted molar refractivity (Wildman–Crippen MR) is 69.6 cm³/mol. The Morgan fingerprint density at radius 1 is 1.41 bits per heavy atom. The average Bonchev–Trinajstić information content (AvgIpc) is 2.31. The van der Waals surface area contributed by atoms with Crippen LogP contribution >= 0.6 is 0 Å². The number of aromatic nitrogens is 2. The Morgan fingerprint density at radius 2 is 2.12 bits per heavy atom. The summed E-state index contributed by atoms with van der Waals surface area (Å²) in [6, 6.07) is 0.554. The zero-order valence-corrected chi connectivity index (χ0v) is 11.3. The number of nitrogens with zero attached hydrogens (tertiary/aromatic N) is 3. The van der Waals surface area contributed by atoms with E-state index in [2.05, 4.69) is 41.1 Å². The van der Waals surface area contributed by atoms with Gasteiger partial charge in [0.1, 0.15) is 12.1 Å². The normalized spacial score (nSPS) is 11.0. The highest BCUT2D eigenvalue weighted by atomic mass is 16.5. The molecule has 1 rings (SSSR count). The van der Waals surface area contributed by atoms with E-state index in [9.17, 15) is 0 Å². The first kappa shape index (κ1) is 13.7. The van der Waals surface area contributed by atoms with Gasteiger partial charge < -0.3 is 15.0 Å². The molecule has 1 aromatic heterocycles. The van der Waals surface area contributed by atoms with Crippen LogP contribution in [0.1, 0.15) is 19.4 Å². The lowest BCUT2D eigenvalue weighted by atomic mass is 10.3. The second kappa shape index (κ2) is 6.39. The first-order valence-electron chi connectivity index (χ1n) is 5.86. The van der Waals surface area contributed by atoms with Gasteiger partial charge in [0.2, 0.25) is 5.88 Å². The number of rotatable bonds is 6. The van der Waals surface area contributed by atoms with Crippen LogP contribution < -0.4 is 10.1 Å². The number of hydrogen-bond donors (Lipinski definition) is 1. The summed E-state index contributed by atoms with van der Waals surface area (Å²) in [6.45, 7) is 8.14. The molecular formula is C12H22N4O. The Morgan fingerprint density at radius 3 is 2.71 bits per heavy atom. The fourth-order valence-electron chi connectivity index (χ4n) is 1.43. The molecule has 1 aromatic rings. The van der Waals surface area contributed by atoms with Crippen molar-refractivity contribution in [2.24, 2.45) is 0 Å². The topological polar surface area (TPSA) is 50.3 Å². The van der Waals surface area contributed by atoms with Gasteiger partial charge in [-0.3, -0.25) is 0 Å². The molecule has 5 nitrogen and oxygen atoms in total. The summed E-state index contributed by atoms with van der Waals surface area (Å²) >= 11 is 0. The van der Waals surface area contributed by atoms with E-state index >= 15 is 0 Å². The molecule has 1 N–H and O–H groups in total. The maximum Gasteiger partial charge on any atom is 0.221 e. The highest BCUT2D eigenvalue weighted by Crippen LogP contribution is 2.19. The Balaban J connectivity index is 2.52. The maximum atomic E-state index is 5.15. The smallest absolute Gasteiger partial charge is 0.221 e. The molecule has 0 aliphatic carbocycles. The second-order valence-electron chi connectivity index (χ2n) is 4.36. The molecule has 0 spiro atoms. The number of methoxy groups -OCH3 is 1. The quantitative estimate of drug-likeness (QED) is 0.815.